The molecular weight excluding hydrogens is 294 g/mol. The summed E-state index contributed by atoms with van der Waals surface area (Å²) < 4.78 is 6.33. The van der Waals surface area contributed by atoms with E-state index in [1.807, 2.05) is 38.1 Å². The third kappa shape index (κ3) is 2.79. The molecule has 18 heavy (non-hydrogen) atoms. The van der Waals surface area contributed by atoms with E-state index in [4.69, 9.17) is 10.3 Å². The fraction of sp³-hybridized carbons (Fsp3) is 0.385. The highest BCUT2D eigenvalue weighted by Gasteiger charge is 2.25. The first kappa shape index (κ1) is 13.2. The maximum atomic E-state index is 5.69. The molecule has 4 nitrogen and oxygen atoms in total. The zero-order valence-electron chi connectivity index (χ0n) is 10.5. The van der Waals surface area contributed by atoms with Gasteiger partial charge in [0.2, 0.25) is 5.89 Å². The van der Waals surface area contributed by atoms with Crippen LogP contribution < -0.4 is 5.73 Å². The Hall–Kier alpha value is -1.20. The van der Waals surface area contributed by atoms with Gasteiger partial charge in [-0.05, 0) is 25.5 Å². The molecule has 0 unspecified atom stereocenters. The van der Waals surface area contributed by atoms with E-state index in [1.54, 1.807) is 0 Å². The van der Waals surface area contributed by atoms with Crippen molar-refractivity contribution < 1.29 is 4.52 Å². The second kappa shape index (κ2) is 5.20. The van der Waals surface area contributed by atoms with E-state index in [0.717, 1.165) is 10.0 Å². The molecule has 2 aromatic rings. The van der Waals surface area contributed by atoms with E-state index in [2.05, 4.69) is 26.1 Å². The van der Waals surface area contributed by atoms with Gasteiger partial charge >= 0.3 is 0 Å². The van der Waals surface area contributed by atoms with Crippen LogP contribution in [0.25, 0.3) is 0 Å². The van der Waals surface area contributed by atoms with E-state index in [-0.39, 0.29) is 5.41 Å². The second-order valence-electron chi connectivity index (χ2n) is 4.87. The molecule has 0 saturated carbocycles. The summed E-state index contributed by atoms with van der Waals surface area (Å²) in [6, 6.07) is 8.01. The molecular formula is C13H16BrN3O. The highest BCUT2D eigenvalue weighted by Crippen LogP contribution is 2.22. The summed E-state index contributed by atoms with van der Waals surface area (Å²) in [5.41, 5.74) is 6.55. The van der Waals surface area contributed by atoms with Crippen LogP contribution in [0.2, 0.25) is 0 Å². The summed E-state index contributed by atoms with van der Waals surface area (Å²) in [5, 5.41) is 4.00. The minimum Gasteiger partial charge on any atom is -0.339 e. The molecule has 96 valence electrons. The van der Waals surface area contributed by atoms with Crippen molar-refractivity contribution in [2.75, 3.05) is 6.54 Å². The smallest absolute Gasteiger partial charge is 0.233 e. The van der Waals surface area contributed by atoms with Crippen molar-refractivity contribution in [3.63, 3.8) is 0 Å². The van der Waals surface area contributed by atoms with Crippen LogP contribution in [-0.4, -0.2) is 16.7 Å². The highest BCUT2D eigenvalue weighted by molar-refractivity contribution is 9.10. The van der Waals surface area contributed by atoms with E-state index in [9.17, 15) is 0 Å². The molecule has 0 atom stereocenters. The van der Waals surface area contributed by atoms with Gasteiger partial charge in [-0.1, -0.05) is 39.3 Å². The first-order chi connectivity index (χ1) is 8.53. The van der Waals surface area contributed by atoms with Crippen molar-refractivity contribution in [2.24, 2.45) is 5.73 Å². The Bertz CT molecular complexity index is 537. The molecule has 0 aliphatic heterocycles. The molecule has 0 bridgehead atoms. The van der Waals surface area contributed by atoms with Crippen LogP contribution in [0.15, 0.2) is 33.3 Å². The minimum absolute atomic E-state index is 0.279. The zero-order chi connectivity index (χ0) is 13.2. The van der Waals surface area contributed by atoms with Gasteiger partial charge in [-0.25, -0.2) is 0 Å². The zero-order valence-corrected chi connectivity index (χ0v) is 12.1. The molecule has 0 fully saturated rings. The molecule has 0 saturated heterocycles. The van der Waals surface area contributed by atoms with Gasteiger partial charge in [0.1, 0.15) is 0 Å². The van der Waals surface area contributed by atoms with Gasteiger partial charge in [0.05, 0.1) is 5.41 Å². The monoisotopic (exact) mass is 309 g/mol. The van der Waals surface area contributed by atoms with Crippen molar-refractivity contribution >= 4 is 15.9 Å². The van der Waals surface area contributed by atoms with Crippen molar-refractivity contribution in [3.05, 3.63) is 46.0 Å². The van der Waals surface area contributed by atoms with Crippen LogP contribution in [0.1, 0.15) is 31.1 Å². The lowest BCUT2D eigenvalue weighted by molar-refractivity contribution is 0.309. The SMILES string of the molecule is CC(C)(CN)c1nc(Cc2ccccc2Br)no1. The molecule has 0 spiro atoms. The van der Waals surface area contributed by atoms with Crippen LogP contribution in [0.4, 0.5) is 0 Å². The summed E-state index contributed by atoms with van der Waals surface area (Å²) >= 11 is 3.51. The van der Waals surface area contributed by atoms with Crippen LogP contribution in [0.5, 0.6) is 0 Å². The lowest BCUT2D eigenvalue weighted by Gasteiger charge is -2.15. The molecule has 0 aliphatic rings. The van der Waals surface area contributed by atoms with Crippen LogP contribution in [0, 0.1) is 0 Å². The Kier molecular flexibility index (Phi) is 3.82. The molecule has 1 aromatic carbocycles. The molecule has 0 aliphatic carbocycles. The Morgan fingerprint density at radius 1 is 1.33 bits per heavy atom. The Balaban J connectivity index is 2.20. The lowest BCUT2D eigenvalue weighted by Crippen LogP contribution is -2.28. The molecule has 1 aromatic heterocycles. The number of nitrogens with two attached hydrogens (primary N) is 1. The Morgan fingerprint density at radius 3 is 2.72 bits per heavy atom. The third-order valence-electron chi connectivity index (χ3n) is 2.86. The Labute approximate surface area is 115 Å². The van der Waals surface area contributed by atoms with Crippen LogP contribution >= 0.6 is 15.9 Å². The van der Waals surface area contributed by atoms with E-state index in [0.29, 0.717) is 24.7 Å². The summed E-state index contributed by atoms with van der Waals surface area (Å²) in [6.07, 6.45) is 0.644. The summed E-state index contributed by atoms with van der Waals surface area (Å²) in [7, 11) is 0. The molecule has 0 amide bonds. The van der Waals surface area contributed by atoms with Crippen LogP contribution in [-0.2, 0) is 11.8 Å². The first-order valence-corrected chi connectivity index (χ1v) is 6.59. The number of aromatic nitrogens is 2. The van der Waals surface area contributed by atoms with E-state index < -0.39 is 0 Å². The highest BCUT2D eigenvalue weighted by atomic mass is 79.9. The predicted molar refractivity (Wildman–Crippen MR) is 73.3 cm³/mol. The van der Waals surface area contributed by atoms with Gasteiger partial charge in [0.25, 0.3) is 0 Å². The number of halogens is 1. The number of hydrogen-bond donors (Lipinski definition) is 1. The van der Waals surface area contributed by atoms with Crippen molar-refractivity contribution in [3.8, 4) is 0 Å². The quantitative estimate of drug-likeness (QED) is 0.943. The predicted octanol–water partition coefficient (Wildman–Crippen LogP) is 2.66. The largest absolute Gasteiger partial charge is 0.339 e. The standard InChI is InChI=1S/C13H16BrN3O/c1-13(2,8-15)12-16-11(17-18-12)7-9-5-3-4-6-10(9)14/h3-6H,7-8,15H2,1-2H3. The van der Waals surface area contributed by atoms with Crippen molar-refractivity contribution in [2.45, 2.75) is 25.7 Å². The normalized spacial score (nSPS) is 11.8. The first-order valence-electron chi connectivity index (χ1n) is 5.79. The summed E-state index contributed by atoms with van der Waals surface area (Å²) in [6.45, 7) is 4.45. The molecule has 2 N–H and O–H groups in total. The number of rotatable bonds is 4. The topological polar surface area (TPSA) is 64.9 Å². The molecule has 1 heterocycles. The molecule has 5 heteroatoms. The van der Waals surface area contributed by atoms with Gasteiger partial charge in [-0.15, -0.1) is 0 Å². The third-order valence-corrected chi connectivity index (χ3v) is 3.64. The van der Waals surface area contributed by atoms with Gasteiger partial charge < -0.3 is 10.3 Å². The number of benzene rings is 1. The summed E-state index contributed by atoms with van der Waals surface area (Å²) in [5.74, 6) is 1.27. The van der Waals surface area contributed by atoms with E-state index >= 15 is 0 Å². The fourth-order valence-corrected chi connectivity index (χ4v) is 1.93. The fourth-order valence-electron chi connectivity index (χ4n) is 1.50. The summed E-state index contributed by atoms with van der Waals surface area (Å²) in [4.78, 5) is 4.41. The average Bonchev–Trinajstić information content (AvgIpc) is 2.81. The van der Waals surface area contributed by atoms with Gasteiger partial charge in [-0.2, -0.15) is 4.98 Å². The Morgan fingerprint density at radius 2 is 2.06 bits per heavy atom. The van der Waals surface area contributed by atoms with E-state index in [1.165, 1.54) is 0 Å². The van der Waals surface area contributed by atoms with Gasteiger partial charge in [-0.3, -0.25) is 0 Å². The maximum Gasteiger partial charge on any atom is 0.233 e. The second-order valence-corrected chi connectivity index (χ2v) is 5.73. The van der Waals surface area contributed by atoms with Crippen molar-refractivity contribution in [1.29, 1.82) is 0 Å². The number of nitrogens with zero attached hydrogens (tertiary/aromatic N) is 2. The maximum absolute atomic E-state index is 5.69. The van der Waals surface area contributed by atoms with Gasteiger partial charge in [0, 0.05) is 17.4 Å². The minimum atomic E-state index is -0.279. The lowest BCUT2D eigenvalue weighted by atomic mass is 9.94. The van der Waals surface area contributed by atoms with Crippen LogP contribution in [0.3, 0.4) is 0 Å². The average molecular weight is 310 g/mol. The number of hydrogen-bond acceptors (Lipinski definition) is 4. The van der Waals surface area contributed by atoms with Crippen molar-refractivity contribution in [1.82, 2.24) is 10.1 Å². The molecule has 0 radical (unpaired) electrons. The molecule has 2 rings (SSSR count). The van der Waals surface area contributed by atoms with Gasteiger partial charge in [0.15, 0.2) is 5.82 Å².